The molecule has 5 atom stereocenters. The van der Waals surface area contributed by atoms with Crippen LogP contribution in [0.2, 0.25) is 0 Å². The largest absolute Gasteiger partial charge is 0.481 e. The first kappa shape index (κ1) is 25.2. The van der Waals surface area contributed by atoms with E-state index in [1.807, 2.05) is 5.32 Å². The Morgan fingerprint density at radius 3 is 1.93 bits per heavy atom. The van der Waals surface area contributed by atoms with Crippen LogP contribution in [0.3, 0.4) is 0 Å². The lowest BCUT2D eigenvalue weighted by Gasteiger charge is -2.21. The van der Waals surface area contributed by atoms with Crippen LogP contribution in [-0.2, 0) is 24.0 Å². The first-order valence-electron chi connectivity index (χ1n) is 8.30. The second kappa shape index (κ2) is 11.8. The minimum absolute atomic E-state index is 0.313. The van der Waals surface area contributed by atoms with Gasteiger partial charge in [0, 0.05) is 6.42 Å². The van der Waals surface area contributed by atoms with Crippen LogP contribution in [0.4, 0.5) is 0 Å². The SMILES string of the molecule is CC(O)C(N)C(=O)NC(CCC(=O)O)C(=O)NCC(=O)NC(C(=O)O)C(C)O. The van der Waals surface area contributed by atoms with Crippen LogP contribution >= 0.6 is 0 Å². The van der Waals surface area contributed by atoms with E-state index < -0.39 is 73.0 Å². The molecule has 160 valence electrons. The molecule has 0 bridgehead atoms. The smallest absolute Gasteiger partial charge is 0.328 e. The Kier molecular flexibility index (Phi) is 10.7. The van der Waals surface area contributed by atoms with Gasteiger partial charge in [-0.3, -0.25) is 19.2 Å². The molecule has 0 aromatic heterocycles. The summed E-state index contributed by atoms with van der Waals surface area (Å²) in [5.41, 5.74) is 5.44. The molecule has 28 heavy (non-hydrogen) atoms. The van der Waals surface area contributed by atoms with Gasteiger partial charge < -0.3 is 42.1 Å². The van der Waals surface area contributed by atoms with E-state index >= 15 is 0 Å². The molecule has 0 saturated carbocycles. The van der Waals surface area contributed by atoms with Crippen LogP contribution in [0.25, 0.3) is 0 Å². The number of aliphatic hydroxyl groups excluding tert-OH is 2. The van der Waals surface area contributed by atoms with Crippen LogP contribution in [0.15, 0.2) is 0 Å². The molecule has 0 radical (unpaired) electrons. The molecule has 0 rings (SSSR count). The standard InChI is InChI=1S/C15H26N4O9/c1-6(20)11(16)14(26)18-8(3-4-10(23)24)13(25)17-5-9(22)19-12(7(2)21)15(27)28/h6-8,11-12,20-21H,3-5,16H2,1-2H3,(H,17,25)(H,18,26)(H,19,22)(H,23,24)(H,27,28). The van der Waals surface area contributed by atoms with Gasteiger partial charge in [-0.25, -0.2) is 4.79 Å². The zero-order valence-corrected chi connectivity index (χ0v) is 15.4. The molecule has 0 saturated heterocycles. The molecular weight excluding hydrogens is 380 g/mol. The zero-order valence-electron chi connectivity index (χ0n) is 15.4. The van der Waals surface area contributed by atoms with Gasteiger partial charge in [-0.2, -0.15) is 0 Å². The van der Waals surface area contributed by atoms with Gasteiger partial charge in [-0.15, -0.1) is 0 Å². The number of aliphatic carboxylic acids is 2. The van der Waals surface area contributed by atoms with E-state index in [2.05, 4.69) is 10.6 Å². The fourth-order valence-corrected chi connectivity index (χ4v) is 1.93. The topological polar surface area (TPSA) is 228 Å². The maximum atomic E-state index is 12.2. The van der Waals surface area contributed by atoms with Crippen LogP contribution in [0, 0.1) is 0 Å². The molecule has 0 aromatic rings. The Bertz CT molecular complexity index is 594. The van der Waals surface area contributed by atoms with Gasteiger partial charge in [-0.05, 0) is 20.3 Å². The number of rotatable bonds is 12. The highest BCUT2D eigenvalue weighted by molar-refractivity contribution is 5.93. The van der Waals surface area contributed by atoms with Crippen molar-refractivity contribution >= 4 is 29.7 Å². The van der Waals surface area contributed by atoms with Crippen molar-refractivity contribution in [2.45, 2.75) is 57.0 Å². The van der Waals surface area contributed by atoms with Crippen molar-refractivity contribution in [3.63, 3.8) is 0 Å². The number of aliphatic hydroxyl groups is 2. The summed E-state index contributed by atoms with van der Waals surface area (Å²) in [5, 5.41) is 42.5. The Balaban J connectivity index is 4.90. The van der Waals surface area contributed by atoms with E-state index in [0.717, 1.165) is 6.92 Å². The molecule has 13 heteroatoms. The third-order valence-corrected chi connectivity index (χ3v) is 3.59. The zero-order chi connectivity index (χ0) is 22.0. The number of amides is 3. The van der Waals surface area contributed by atoms with Crippen molar-refractivity contribution in [1.29, 1.82) is 0 Å². The minimum Gasteiger partial charge on any atom is -0.481 e. The van der Waals surface area contributed by atoms with E-state index in [4.69, 9.17) is 15.9 Å². The molecule has 13 nitrogen and oxygen atoms in total. The average molecular weight is 406 g/mol. The van der Waals surface area contributed by atoms with Gasteiger partial charge in [0.2, 0.25) is 17.7 Å². The predicted molar refractivity (Wildman–Crippen MR) is 92.7 cm³/mol. The Hall–Kier alpha value is -2.77. The minimum atomic E-state index is -1.59. The molecular formula is C15H26N4O9. The average Bonchev–Trinajstić information content (AvgIpc) is 2.59. The first-order chi connectivity index (χ1) is 12.9. The predicted octanol–water partition coefficient (Wildman–Crippen LogP) is -3.89. The second-order valence-corrected chi connectivity index (χ2v) is 6.10. The number of carboxylic acids is 2. The summed E-state index contributed by atoms with van der Waals surface area (Å²) in [6.45, 7) is 1.72. The molecule has 5 unspecified atom stereocenters. The fraction of sp³-hybridized carbons (Fsp3) is 0.667. The number of carbonyl (C=O) groups excluding carboxylic acids is 3. The van der Waals surface area contributed by atoms with Crippen molar-refractivity contribution in [2.75, 3.05) is 6.54 Å². The van der Waals surface area contributed by atoms with Crippen LogP contribution in [-0.4, -0.2) is 87.0 Å². The Morgan fingerprint density at radius 2 is 1.50 bits per heavy atom. The summed E-state index contributed by atoms with van der Waals surface area (Å²) in [4.78, 5) is 57.4. The van der Waals surface area contributed by atoms with Crippen molar-refractivity contribution in [3.05, 3.63) is 0 Å². The van der Waals surface area contributed by atoms with Gasteiger partial charge in [-0.1, -0.05) is 0 Å². The lowest BCUT2D eigenvalue weighted by molar-refractivity contribution is -0.144. The summed E-state index contributed by atoms with van der Waals surface area (Å²) < 4.78 is 0. The van der Waals surface area contributed by atoms with Gasteiger partial charge in [0.15, 0.2) is 6.04 Å². The van der Waals surface area contributed by atoms with E-state index in [1.165, 1.54) is 6.92 Å². The van der Waals surface area contributed by atoms with Gasteiger partial charge in [0.1, 0.15) is 12.1 Å². The quantitative estimate of drug-likeness (QED) is 0.157. The first-order valence-corrected chi connectivity index (χ1v) is 8.30. The van der Waals surface area contributed by atoms with Gasteiger partial charge in [0.25, 0.3) is 0 Å². The van der Waals surface area contributed by atoms with Crippen LogP contribution in [0.5, 0.6) is 0 Å². The third kappa shape index (κ3) is 9.25. The van der Waals surface area contributed by atoms with E-state index in [1.54, 1.807) is 0 Å². The second-order valence-electron chi connectivity index (χ2n) is 6.10. The highest BCUT2D eigenvalue weighted by atomic mass is 16.4. The van der Waals surface area contributed by atoms with E-state index in [9.17, 15) is 34.2 Å². The van der Waals surface area contributed by atoms with Crippen molar-refractivity contribution < 1.29 is 44.4 Å². The van der Waals surface area contributed by atoms with E-state index in [0.29, 0.717) is 0 Å². The Morgan fingerprint density at radius 1 is 0.929 bits per heavy atom. The summed E-state index contributed by atoms with van der Waals surface area (Å²) in [6.07, 6.45) is -3.39. The molecule has 0 heterocycles. The number of carboxylic acid groups (broad SMARTS) is 2. The molecule has 3 amide bonds. The van der Waals surface area contributed by atoms with E-state index in [-0.39, 0.29) is 6.42 Å². The van der Waals surface area contributed by atoms with Crippen LogP contribution in [0.1, 0.15) is 26.7 Å². The number of hydrogen-bond acceptors (Lipinski definition) is 8. The highest BCUT2D eigenvalue weighted by Gasteiger charge is 2.28. The summed E-state index contributed by atoms with van der Waals surface area (Å²) in [6, 6.07) is -4.30. The number of nitrogens with one attached hydrogen (secondary N) is 3. The van der Waals surface area contributed by atoms with Crippen molar-refractivity contribution in [3.8, 4) is 0 Å². The van der Waals surface area contributed by atoms with Crippen molar-refractivity contribution in [1.82, 2.24) is 16.0 Å². The highest BCUT2D eigenvalue weighted by Crippen LogP contribution is 2.00. The summed E-state index contributed by atoms with van der Waals surface area (Å²) in [7, 11) is 0. The molecule has 0 aliphatic carbocycles. The summed E-state index contributed by atoms with van der Waals surface area (Å²) >= 11 is 0. The number of carbonyl (C=O) groups is 5. The van der Waals surface area contributed by atoms with Gasteiger partial charge in [0.05, 0.1) is 18.8 Å². The molecule has 0 aliphatic rings. The molecule has 0 aliphatic heterocycles. The van der Waals surface area contributed by atoms with Gasteiger partial charge >= 0.3 is 11.9 Å². The molecule has 9 N–H and O–H groups in total. The summed E-state index contributed by atoms with van der Waals surface area (Å²) in [5.74, 6) is -5.44. The number of nitrogens with two attached hydrogens (primary N) is 1. The monoisotopic (exact) mass is 406 g/mol. The lowest BCUT2D eigenvalue weighted by atomic mass is 10.1. The normalized spacial score (nSPS) is 16.0. The maximum absolute atomic E-state index is 12.2. The fourth-order valence-electron chi connectivity index (χ4n) is 1.93. The lowest BCUT2D eigenvalue weighted by Crippen LogP contribution is -2.56. The molecule has 0 fully saturated rings. The molecule has 0 spiro atoms. The third-order valence-electron chi connectivity index (χ3n) is 3.59. The Labute approximate surface area is 160 Å². The maximum Gasteiger partial charge on any atom is 0.328 e. The molecule has 0 aromatic carbocycles. The number of hydrogen-bond donors (Lipinski definition) is 8. The van der Waals surface area contributed by atoms with Crippen LogP contribution < -0.4 is 21.7 Å². The van der Waals surface area contributed by atoms with Crippen molar-refractivity contribution in [2.24, 2.45) is 5.73 Å².